The van der Waals surface area contributed by atoms with Crippen LogP contribution in [0.15, 0.2) is 64.4 Å². The molecule has 0 saturated heterocycles. The van der Waals surface area contributed by atoms with Crippen LogP contribution >= 0.6 is 11.6 Å². The summed E-state index contributed by atoms with van der Waals surface area (Å²) in [5.74, 6) is 0.150. The Morgan fingerprint density at radius 2 is 1.81 bits per heavy atom. The first-order chi connectivity index (χ1) is 15.0. The van der Waals surface area contributed by atoms with Gasteiger partial charge in [-0.2, -0.15) is 0 Å². The summed E-state index contributed by atoms with van der Waals surface area (Å²) in [6.45, 7) is 6.50. The molecule has 6 heteroatoms. The standard InChI is InChI=1S/C25H27ClN2O2S/c1-17-12-13-23-24(18(17)2)28(21-10-3-4-11-22(21)31(23)30)15-6-5-14-27-16-19-8-7-9-20(26)25(19)29/h3-4,7-13,27,29H,5-6,14-16H2,1-2H3. The van der Waals surface area contributed by atoms with Crippen molar-refractivity contribution >= 4 is 33.8 Å². The zero-order chi connectivity index (χ0) is 22.0. The van der Waals surface area contributed by atoms with Crippen molar-refractivity contribution < 1.29 is 9.32 Å². The summed E-state index contributed by atoms with van der Waals surface area (Å²) in [6.07, 6.45) is 1.98. The number of fused-ring (bicyclic) bond motifs is 2. The van der Waals surface area contributed by atoms with Gasteiger partial charge in [0.15, 0.2) is 0 Å². The van der Waals surface area contributed by atoms with Gasteiger partial charge in [-0.05, 0) is 68.6 Å². The van der Waals surface area contributed by atoms with Gasteiger partial charge in [0.05, 0.1) is 37.0 Å². The Hall–Kier alpha value is -2.34. The van der Waals surface area contributed by atoms with Crippen LogP contribution in [0.4, 0.5) is 11.4 Å². The molecule has 0 radical (unpaired) electrons. The summed E-state index contributed by atoms with van der Waals surface area (Å²) in [5, 5.41) is 13.8. The maximum Gasteiger partial charge on any atom is 0.138 e. The molecule has 4 nitrogen and oxygen atoms in total. The van der Waals surface area contributed by atoms with E-state index in [0.29, 0.717) is 11.6 Å². The summed E-state index contributed by atoms with van der Waals surface area (Å²) in [4.78, 5) is 4.11. The minimum Gasteiger partial charge on any atom is -0.506 e. The van der Waals surface area contributed by atoms with Crippen LogP contribution in [0.2, 0.25) is 5.02 Å². The van der Waals surface area contributed by atoms with Crippen molar-refractivity contribution in [3.8, 4) is 5.75 Å². The molecule has 0 saturated carbocycles. The van der Waals surface area contributed by atoms with Crippen molar-refractivity contribution in [3.05, 3.63) is 76.3 Å². The number of nitrogens with zero attached hydrogens (tertiary/aromatic N) is 1. The highest BCUT2D eigenvalue weighted by Gasteiger charge is 2.29. The quantitative estimate of drug-likeness (QED) is 0.439. The highest BCUT2D eigenvalue weighted by atomic mass is 35.5. The molecular formula is C25H27ClN2O2S. The van der Waals surface area contributed by atoms with Crippen molar-refractivity contribution in [2.24, 2.45) is 0 Å². The molecule has 0 amide bonds. The van der Waals surface area contributed by atoms with Crippen LogP contribution in [0.1, 0.15) is 29.5 Å². The third-order valence-electron chi connectivity index (χ3n) is 5.86. The number of aromatic hydroxyl groups is 1. The number of phenolic OH excluding ortho intramolecular Hbond substituents is 1. The van der Waals surface area contributed by atoms with Crippen LogP contribution in [-0.2, 0) is 17.3 Å². The molecule has 0 spiro atoms. The van der Waals surface area contributed by atoms with Gasteiger partial charge in [0.2, 0.25) is 0 Å². The normalized spacial score (nSPS) is 14.9. The maximum absolute atomic E-state index is 13.2. The van der Waals surface area contributed by atoms with E-state index in [0.717, 1.165) is 52.7 Å². The lowest BCUT2D eigenvalue weighted by atomic mass is 10.1. The topological polar surface area (TPSA) is 52.6 Å². The largest absolute Gasteiger partial charge is 0.506 e. The van der Waals surface area contributed by atoms with E-state index < -0.39 is 10.8 Å². The number of rotatable bonds is 7. The van der Waals surface area contributed by atoms with Gasteiger partial charge in [-0.3, -0.25) is 0 Å². The molecule has 0 aliphatic carbocycles. The number of unbranched alkanes of at least 4 members (excludes halogenated alkanes) is 1. The first kappa shape index (κ1) is 21.9. The number of para-hydroxylation sites is 2. The van der Waals surface area contributed by atoms with Crippen molar-refractivity contribution in [3.63, 3.8) is 0 Å². The molecule has 1 unspecified atom stereocenters. The number of hydrogen-bond acceptors (Lipinski definition) is 4. The third-order valence-corrected chi connectivity index (χ3v) is 7.64. The zero-order valence-electron chi connectivity index (χ0n) is 17.8. The molecule has 4 rings (SSSR count). The number of benzene rings is 3. The average molecular weight is 455 g/mol. The predicted octanol–water partition coefficient (Wildman–Crippen LogP) is 5.85. The van der Waals surface area contributed by atoms with Crippen LogP contribution in [0, 0.1) is 13.8 Å². The van der Waals surface area contributed by atoms with Gasteiger partial charge < -0.3 is 15.3 Å². The van der Waals surface area contributed by atoms with E-state index >= 15 is 0 Å². The van der Waals surface area contributed by atoms with Gasteiger partial charge in [0, 0.05) is 18.7 Å². The number of phenols is 1. The van der Waals surface area contributed by atoms with Crippen molar-refractivity contribution in [2.45, 2.75) is 43.0 Å². The Morgan fingerprint density at radius 3 is 2.65 bits per heavy atom. The Bertz CT molecular complexity index is 1130. The molecule has 0 aromatic heterocycles. The van der Waals surface area contributed by atoms with Crippen molar-refractivity contribution in [1.29, 1.82) is 0 Å². The lowest BCUT2D eigenvalue weighted by Gasteiger charge is -2.34. The summed E-state index contributed by atoms with van der Waals surface area (Å²) < 4.78 is 13.2. The highest BCUT2D eigenvalue weighted by molar-refractivity contribution is 7.85. The van der Waals surface area contributed by atoms with Crippen LogP contribution in [0.5, 0.6) is 5.75 Å². The molecule has 2 N–H and O–H groups in total. The SMILES string of the molecule is Cc1ccc2c(c1C)N(CCCCNCc1cccc(Cl)c1O)c1ccccc1S2=O. The van der Waals surface area contributed by atoms with E-state index in [1.165, 1.54) is 11.1 Å². The number of halogens is 1. The van der Waals surface area contributed by atoms with Gasteiger partial charge in [-0.15, -0.1) is 0 Å². The average Bonchev–Trinajstić information content (AvgIpc) is 2.77. The summed E-state index contributed by atoms with van der Waals surface area (Å²) in [7, 11) is -1.15. The fraction of sp³-hybridized carbons (Fsp3) is 0.280. The Balaban J connectivity index is 1.43. The molecular weight excluding hydrogens is 428 g/mol. The Labute approximate surface area is 191 Å². The van der Waals surface area contributed by atoms with Gasteiger partial charge in [-0.25, -0.2) is 4.21 Å². The first-order valence-electron chi connectivity index (χ1n) is 10.5. The second-order valence-corrected chi connectivity index (χ2v) is 9.70. The Morgan fingerprint density at radius 1 is 1.00 bits per heavy atom. The molecule has 3 aromatic carbocycles. The summed E-state index contributed by atoms with van der Waals surface area (Å²) >= 11 is 5.97. The predicted molar refractivity (Wildman–Crippen MR) is 128 cm³/mol. The van der Waals surface area contributed by atoms with Gasteiger partial charge in [0.25, 0.3) is 0 Å². The van der Waals surface area contributed by atoms with E-state index in [4.69, 9.17) is 11.6 Å². The van der Waals surface area contributed by atoms with Crippen LogP contribution in [-0.4, -0.2) is 22.4 Å². The minimum atomic E-state index is -1.15. The molecule has 1 aliphatic heterocycles. The van der Waals surface area contributed by atoms with Gasteiger partial charge in [0.1, 0.15) is 5.75 Å². The third kappa shape index (κ3) is 4.36. The molecule has 1 heterocycles. The molecule has 31 heavy (non-hydrogen) atoms. The van der Waals surface area contributed by atoms with Crippen LogP contribution in [0.3, 0.4) is 0 Å². The summed E-state index contributed by atoms with van der Waals surface area (Å²) in [6, 6.07) is 17.5. The molecule has 1 aliphatic rings. The van der Waals surface area contributed by atoms with E-state index in [1.807, 2.05) is 36.4 Å². The monoisotopic (exact) mass is 454 g/mol. The van der Waals surface area contributed by atoms with Crippen molar-refractivity contribution in [1.82, 2.24) is 5.32 Å². The van der Waals surface area contributed by atoms with E-state index in [9.17, 15) is 9.32 Å². The second kappa shape index (κ2) is 9.43. The fourth-order valence-corrected chi connectivity index (χ4v) is 5.65. The number of anilines is 2. The lowest BCUT2D eigenvalue weighted by molar-refractivity contribution is 0.464. The summed E-state index contributed by atoms with van der Waals surface area (Å²) in [5.41, 5.74) is 5.34. The molecule has 3 aromatic rings. The molecule has 0 bridgehead atoms. The fourth-order valence-electron chi connectivity index (χ4n) is 4.01. The second-order valence-electron chi connectivity index (χ2n) is 7.87. The Kier molecular flexibility index (Phi) is 6.65. The van der Waals surface area contributed by atoms with Crippen LogP contribution < -0.4 is 10.2 Å². The van der Waals surface area contributed by atoms with Crippen molar-refractivity contribution in [2.75, 3.05) is 18.0 Å². The zero-order valence-corrected chi connectivity index (χ0v) is 19.4. The van der Waals surface area contributed by atoms with E-state index in [1.54, 1.807) is 6.07 Å². The van der Waals surface area contributed by atoms with Crippen LogP contribution in [0.25, 0.3) is 0 Å². The minimum absolute atomic E-state index is 0.150. The number of hydrogen-bond donors (Lipinski definition) is 2. The van der Waals surface area contributed by atoms with Gasteiger partial charge in [-0.1, -0.05) is 41.9 Å². The first-order valence-corrected chi connectivity index (χ1v) is 12.1. The molecule has 1 atom stereocenters. The molecule has 0 fully saturated rings. The van der Waals surface area contributed by atoms with Gasteiger partial charge >= 0.3 is 0 Å². The highest BCUT2D eigenvalue weighted by Crippen LogP contribution is 2.44. The van der Waals surface area contributed by atoms with E-state index in [-0.39, 0.29) is 5.75 Å². The lowest BCUT2D eigenvalue weighted by Crippen LogP contribution is -2.27. The smallest absolute Gasteiger partial charge is 0.138 e. The van der Waals surface area contributed by atoms with E-state index in [2.05, 4.69) is 36.2 Å². The number of aryl methyl sites for hydroxylation is 1. The molecule has 162 valence electrons. The number of nitrogens with one attached hydrogen (secondary N) is 1. The maximum atomic E-state index is 13.2.